The molecular weight excluding hydrogens is 382 g/mol. The van der Waals surface area contributed by atoms with Crippen LogP contribution in [0.1, 0.15) is 12.8 Å². The highest BCUT2D eigenvalue weighted by atomic mass is 16.6. The number of fused-ring (bicyclic) bond motifs is 1. The zero-order chi connectivity index (χ0) is 20.9. The Bertz CT molecular complexity index is 903. The lowest BCUT2D eigenvalue weighted by atomic mass is 10.1. The SMILES string of the molecule is CN(CCCNC(=O)[C@@H]1CC(=O)N(c2ccc3c(c2)OCCO3)C1)c1ccccc1. The van der Waals surface area contributed by atoms with E-state index in [0.29, 0.717) is 37.8 Å². The molecule has 30 heavy (non-hydrogen) atoms. The number of ether oxygens (including phenoxy) is 2. The Labute approximate surface area is 176 Å². The second-order valence-electron chi connectivity index (χ2n) is 7.64. The summed E-state index contributed by atoms with van der Waals surface area (Å²) in [6.07, 6.45) is 1.06. The average molecular weight is 409 g/mol. The molecule has 0 bridgehead atoms. The normalized spacial score (nSPS) is 17.7. The highest BCUT2D eigenvalue weighted by Crippen LogP contribution is 2.35. The minimum absolute atomic E-state index is 0.0457. The molecule has 0 radical (unpaired) electrons. The Hall–Kier alpha value is -3.22. The van der Waals surface area contributed by atoms with Gasteiger partial charge >= 0.3 is 0 Å². The average Bonchev–Trinajstić information content (AvgIpc) is 3.18. The summed E-state index contributed by atoms with van der Waals surface area (Å²) in [5.74, 6) is 0.882. The minimum Gasteiger partial charge on any atom is -0.486 e. The van der Waals surface area contributed by atoms with Crippen molar-refractivity contribution in [3.63, 3.8) is 0 Å². The van der Waals surface area contributed by atoms with Gasteiger partial charge in [0.15, 0.2) is 11.5 Å². The first-order valence-electron chi connectivity index (χ1n) is 10.4. The molecule has 0 saturated carbocycles. The van der Waals surface area contributed by atoms with E-state index >= 15 is 0 Å². The third-order valence-electron chi connectivity index (χ3n) is 5.50. The summed E-state index contributed by atoms with van der Waals surface area (Å²) in [6.45, 7) is 2.84. The molecule has 4 rings (SSSR count). The first-order valence-corrected chi connectivity index (χ1v) is 10.4. The van der Waals surface area contributed by atoms with Gasteiger partial charge in [0.1, 0.15) is 13.2 Å². The van der Waals surface area contributed by atoms with Gasteiger partial charge in [-0.25, -0.2) is 0 Å². The van der Waals surface area contributed by atoms with Gasteiger partial charge in [-0.1, -0.05) is 18.2 Å². The van der Waals surface area contributed by atoms with Crippen molar-refractivity contribution in [2.24, 2.45) is 5.92 Å². The maximum atomic E-state index is 12.6. The van der Waals surface area contributed by atoms with Crippen molar-refractivity contribution in [3.05, 3.63) is 48.5 Å². The van der Waals surface area contributed by atoms with Crippen molar-refractivity contribution < 1.29 is 19.1 Å². The van der Waals surface area contributed by atoms with Gasteiger partial charge in [0.2, 0.25) is 11.8 Å². The molecule has 2 aliphatic heterocycles. The topological polar surface area (TPSA) is 71.1 Å². The van der Waals surface area contributed by atoms with Gasteiger partial charge in [-0.05, 0) is 30.7 Å². The van der Waals surface area contributed by atoms with Crippen LogP contribution >= 0.6 is 0 Å². The van der Waals surface area contributed by atoms with Crippen LogP contribution < -0.4 is 24.6 Å². The second-order valence-corrected chi connectivity index (χ2v) is 7.64. The summed E-state index contributed by atoms with van der Waals surface area (Å²) in [4.78, 5) is 28.9. The van der Waals surface area contributed by atoms with Crippen LogP contribution in [0, 0.1) is 5.92 Å². The number of rotatable bonds is 7. The molecule has 1 fully saturated rings. The van der Waals surface area contributed by atoms with Crippen LogP contribution in [0.2, 0.25) is 0 Å². The van der Waals surface area contributed by atoms with E-state index in [-0.39, 0.29) is 24.2 Å². The summed E-state index contributed by atoms with van der Waals surface area (Å²) in [6, 6.07) is 15.6. The van der Waals surface area contributed by atoms with Crippen molar-refractivity contribution in [2.75, 3.05) is 49.7 Å². The van der Waals surface area contributed by atoms with E-state index in [0.717, 1.165) is 24.3 Å². The molecular formula is C23H27N3O4. The van der Waals surface area contributed by atoms with Gasteiger partial charge in [-0.3, -0.25) is 9.59 Å². The number of para-hydroxylation sites is 1. The number of hydrogen-bond acceptors (Lipinski definition) is 5. The Morgan fingerprint density at radius 1 is 1.13 bits per heavy atom. The number of carbonyl (C=O) groups is 2. The largest absolute Gasteiger partial charge is 0.486 e. The summed E-state index contributed by atoms with van der Waals surface area (Å²) >= 11 is 0. The van der Waals surface area contributed by atoms with E-state index in [2.05, 4.69) is 22.3 Å². The number of hydrogen-bond donors (Lipinski definition) is 1. The highest BCUT2D eigenvalue weighted by molar-refractivity contribution is 6.00. The van der Waals surface area contributed by atoms with Crippen LogP contribution in [-0.4, -0.2) is 51.7 Å². The fourth-order valence-corrected chi connectivity index (χ4v) is 3.82. The molecule has 0 spiro atoms. The van der Waals surface area contributed by atoms with Crippen molar-refractivity contribution in [1.29, 1.82) is 0 Å². The minimum atomic E-state index is -0.336. The molecule has 2 amide bonds. The number of anilines is 2. The first kappa shape index (κ1) is 20.1. The monoisotopic (exact) mass is 409 g/mol. The predicted molar refractivity (Wildman–Crippen MR) is 115 cm³/mol. The van der Waals surface area contributed by atoms with E-state index < -0.39 is 0 Å². The second kappa shape index (κ2) is 9.07. The lowest BCUT2D eigenvalue weighted by Gasteiger charge is -2.22. The molecule has 0 unspecified atom stereocenters. The fourth-order valence-electron chi connectivity index (χ4n) is 3.82. The quantitative estimate of drug-likeness (QED) is 0.712. The smallest absolute Gasteiger partial charge is 0.227 e. The third-order valence-corrected chi connectivity index (χ3v) is 5.50. The van der Waals surface area contributed by atoms with Crippen molar-refractivity contribution in [3.8, 4) is 11.5 Å². The third kappa shape index (κ3) is 4.50. The number of nitrogens with zero attached hydrogens (tertiary/aromatic N) is 2. The molecule has 1 atom stereocenters. The van der Waals surface area contributed by atoms with Crippen LogP contribution in [0.4, 0.5) is 11.4 Å². The van der Waals surface area contributed by atoms with Crippen LogP contribution in [0.3, 0.4) is 0 Å². The zero-order valence-corrected chi connectivity index (χ0v) is 17.2. The van der Waals surface area contributed by atoms with E-state index in [1.807, 2.05) is 43.4 Å². The standard InChI is InChI=1S/C23H27N3O4/c1-25(18-6-3-2-4-7-18)11-5-10-24-23(28)17-14-22(27)26(16-17)19-8-9-20-21(15-19)30-13-12-29-20/h2-4,6-9,15,17H,5,10-14,16H2,1H3,(H,24,28)/t17-/m1/s1. The van der Waals surface area contributed by atoms with Gasteiger partial charge in [-0.2, -0.15) is 0 Å². The fraction of sp³-hybridized carbons (Fsp3) is 0.391. The molecule has 2 heterocycles. The number of amides is 2. The van der Waals surface area contributed by atoms with Crippen LogP contribution in [0.15, 0.2) is 48.5 Å². The van der Waals surface area contributed by atoms with E-state index in [4.69, 9.17) is 9.47 Å². The molecule has 0 aliphatic carbocycles. The zero-order valence-electron chi connectivity index (χ0n) is 17.2. The number of nitrogens with one attached hydrogen (secondary N) is 1. The molecule has 1 saturated heterocycles. The molecule has 7 nitrogen and oxygen atoms in total. The van der Waals surface area contributed by atoms with Crippen LogP contribution in [0.5, 0.6) is 11.5 Å². The summed E-state index contributed by atoms with van der Waals surface area (Å²) in [5, 5.41) is 2.98. The molecule has 1 N–H and O–H groups in total. The summed E-state index contributed by atoms with van der Waals surface area (Å²) in [5.41, 5.74) is 1.89. The lowest BCUT2D eigenvalue weighted by Crippen LogP contribution is -2.34. The molecule has 2 aromatic rings. The van der Waals surface area contributed by atoms with Gasteiger partial charge in [-0.15, -0.1) is 0 Å². The highest BCUT2D eigenvalue weighted by Gasteiger charge is 2.35. The van der Waals surface area contributed by atoms with Crippen molar-refractivity contribution in [1.82, 2.24) is 5.32 Å². The molecule has 158 valence electrons. The van der Waals surface area contributed by atoms with Crippen molar-refractivity contribution >= 4 is 23.2 Å². The first-order chi connectivity index (χ1) is 14.6. The predicted octanol–water partition coefficient (Wildman–Crippen LogP) is 2.45. The number of carbonyl (C=O) groups excluding carboxylic acids is 2. The Balaban J connectivity index is 1.26. The lowest BCUT2D eigenvalue weighted by molar-refractivity contribution is -0.126. The molecule has 0 aromatic heterocycles. The van der Waals surface area contributed by atoms with Crippen molar-refractivity contribution in [2.45, 2.75) is 12.8 Å². The van der Waals surface area contributed by atoms with E-state index in [9.17, 15) is 9.59 Å². The number of benzene rings is 2. The molecule has 2 aromatic carbocycles. The van der Waals surface area contributed by atoms with E-state index in [1.165, 1.54) is 0 Å². The van der Waals surface area contributed by atoms with Crippen LogP contribution in [-0.2, 0) is 9.59 Å². The van der Waals surface area contributed by atoms with E-state index in [1.54, 1.807) is 4.90 Å². The van der Waals surface area contributed by atoms with Gasteiger partial charge in [0.05, 0.1) is 5.92 Å². The Morgan fingerprint density at radius 3 is 2.70 bits per heavy atom. The van der Waals surface area contributed by atoms with Gasteiger partial charge in [0.25, 0.3) is 0 Å². The summed E-state index contributed by atoms with van der Waals surface area (Å²) < 4.78 is 11.1. The Kier molecular flexibility index (Phi) is 6.07. The molecule has 7 heteroatoms. The maximum absolute atomic E-state index is 12.6. The Morgan fingerprint density at radius 2 is 1.90 bits per heavy atom. The van der Waals surface area contributed by atoms with Crippen LogP contribution in [0.25, 0.3) is 0 Å². The molecule has 2 aliphatic rings. The van der Waals surface area contributed by atoms with Gasteiger partial charge in [0, 0.05) is 50.5 Å². The summed E-state index contributed by atoms with van der Waals surface area (Å²) in [7, 11) is 2.04. The maximum Gasteiger partial charge on any atom is 0.227 e. The van der Waals surface area contributed by atoms with Gasteiger partial charge < -0.3 is 24.6 Å².